The van der Waals surface area contributed by atoms with Gasteiger partial charge >= 0.3 is 5.97 Å². The van der Waals surface area contributed by atoms with Crippen LogP contribution in [0.4, 0.5) is 0 Å². The average molecular weight is 428 g/mol. The van der Waals surface area contributed by atoms with Gasteiger partial charge in [-0.2, -0.15) is 0 Å². The smallest absolute Gasteiger partial charge is 0.326 e. The third-order valence-electron chi connectivity index (χ3n) is 3.67. The minimum absolute atomic E-state index is 0.201. The first-order valence-corrected chi connectivity index (χ1v) is 9.31. The highest BCUT2D eigenvalue weighted by Gasteiger charge is 2.38. The fourth-order valence-corrected chi connectivity index (χ4v) is 3.99. The Morgan fingerprint density at radius 2 is 2.04 bits per heavy atom. The molecule has 1 aliphatic heterocycles. The Balaban J connectivity index is 1.86. The average Bonchev–Trinajstić information content (AvgIpc) is 3.15. The van der Waals surface area contributed by atoms with Crippen LogP contribution in [0.25, 0.3) is 17.4 Å². The second kappa shape index (κ2) is 7.44. The van der Waals surface area contributed by atoms with E-state index in [1.807, 2.05) is 0 Å². The maximum Gasteiger partial charge on any atom is 0.326 e. The number of carbonyl (C=O) groups is 2. The Kier molecular flexibility index (Phi) is 5.43. The zero-order valence-electron chi connectivity index (χ0n) is 13.2. The Hall–Kier alpha value is -1.80. The molecule has 9 heteroatoms. The van der Waals surface area contributed by atoms with Crippen LogP contribution >= 0.6 is 47.2 Å². The SMILES string of the molecule is C[C@@H](C(=O)O)N1C(=O)/C(=C\c2ccc(-c3ccc(Cl)c(Cl)c3)o2)SC1=S. The standard InChI is InChI=1S/C17H11Cl2NO4S2/c1-8(16(22)23)20-15(21)14(26-17(20)25)7-10-3-5-13(24-10)9-2-4-11(18)12(19)6-9/h2-8H,1H3,(H,22,23)/b14-7+/t8-/m0/s1. The van der Waals surface area contributed by atoms with Gasteiger partial charge in [0.05, 0.1) is 15.0 Å². The van der Waals surface area contributed by atoms with Crippen LogP contribution in [0, 0.1) is 0 Å². The third-order valence-corrected chi connectivity index (χ3v) is 5.74. The quantitative estimate of drug-likeness (QED) is 0.550. The van der Waals surface area contributed by atoms with E-state index in [4.69, 9.17) is 44.9 Å². The summed E-state index contributed by atoms with van der Waals surface area (Å²) in [6.07, 6.45) is 1.54. The van der Waals surface area contributed by atoms with Crippen LogP contribution in [0.5, 0.6) is 0 Å². The van der Waals surface area contributed by atoms with Crippen molar-refractivity contribution in [2.75, 3.05) is 0 Å². The number of hydrogen-bond donors (Lipinski definition) is 1. The van der Waals surface area contributed by atoms with Crippen LogP contribution in [-0.4, -0.2) is 32.2 Å². The van der Waals surface area contributed by atoms with Gasteiger partial charge in [-0.1, -0.05) is 47.2 Å². The molecule has 2 aromatic rings. The molecule has 3 rings (SSSR count). The van der Waals surface area contributed by atoms with E-state index in [1.54, 1.807) is 30.3 Å². The predicted molar refractivity (Wildman–Crippen MR) is 106 cm³/mol. The second-order valence-corrected chi connectivity index (χ2v) is 7.89. The van der Waals surface area contributed by atoms with Crippen molar-refractivity contribution in [1.29, 1.82) is 0 Å². The fraction of sp³-hybridized carbons (Fsp3) is 0.118. The van der Waals surface area contributed by atoms with E-state index in [-0.39, 0.29) is 4.32 Å². The molecule has 1 aliphatic rings. The Morgan fingerprint density at radius 3 is 2.69 bits per heavy atom. The molecule has 1 aromatic heterocycles. The van der Waals surface area contributed by atoms with Gasteiger partial charge in [-0.3, -0.25) is 9.69 Å². The lowest BCUT2D eigenvalue weighted by Crippen LogP contribution is -2.41. The van der Waals surface area contributed by atoms with Crippen LogP contribution in [0.2, 0.25) is 10.0 Å². The summed E-state index contributed by atoms with van der Waals surface area (Å²) in [6.45, 7) is 1.41. The molecule has 0 spiro atoms. The molecule has 0 unspecified atom stereocenters. The normalized spacial score (nSPS) is 17.2. The van der Waals surface area contributed by atoms with Crippen LogP contribution < -0.4 is 0 Å². The van der Waals surface area contributed by atoms with E-state index in [2.05, 4.69) is 0 Å². The van der Waals surface area contributed by atoms with Crippen molar-refractivity contribution in [2.45, 2.75) is 13.0 Å². The van der Waals surface area contributed by atoms with Gasteiger partial charge < -0.3 is 9.52 Å². The van der Waals surface area contributed by atoms with Gasteiger partial charge in [0, 0.05) is 11.6 Å². The molecule has 5 nitrogen and oxygen atoms in total. The van der Waals surface area contributed by atoms with Crippen molar-refractivity contribution in [3.63, 3.8) is 0 Å². The fourth-order valence-electron chi connectivity index (χ4n) is 2.29. The number of amides is 1. The van der Waals surface area contributed by atoms with Crippen molar-refractivity contribution < 1.29 is 19.1 Å². The molecule has 2 heterocycles. The number of halogens is 2. The summed E-state index contributed by atoms with van der Waals surface area (Å²) >= 11 is 18.1. The van der Waals surface area contributed by atoms with E-state index in [0.717, 1.165) is 22.2 Å². The first-order valence-electron chi connectivity index (χ1n) is 7.33. The summed E-state index contributed by atoms with van der Waals surface area (Å²) in [6, 6.07) is 7.53. The van der Waals surface area contributed by atoms with Crippen molar-refractivity contribution in [1.82, 2.24) is 4.90 Å². The number of carboxylic acids is 1. The number of thiocarbonyl (C=S) groups is 1. The van der Waals surface area contributed by atoms with Crippen molar-refractivity contribution in [3.05, 3.63) is 51.0 Å². The first kappa shape index (κ1) is 19.0. The molecular formula is C17H11Cl2NO4S2. The minimum Gasteiger partial charge on any atom is -0.480 e. The lowest BCUT2D eigenvalue weighted by atomic mass is 10.2. The molecule has 0 aliphatic carbocycles. The number of benzene rings is 1. The molecule has 1 aromatic carbocycles. The van der Waals surface area contributed by atoms with E-state index >= 15 is 0 Å². The largest absolute Gasteiger partial charge is 0.480 e. The maximum absolute atomic E-state index is 12.4. The van der Waals surface area contributed by atoms with Crippen molar-refractivity contribution in [2.24, 2.45) is 0 Å². The molecule has 0 bridgehead atoms. The summed E-state index contributed by atoms with van der Waals surface area (Å²) < 4.78 is 5.93. The van der Waals surface area contributed by atoms with Gasteiger partial charge in [0.15, 0.2) is 0 Å². The van der Waals surface area contributed by atoms with Crippen LogP contribution in [0.15, 0.2) is 39.7 Å². The van der Waals surface area contributed by atoms with Gasteiger partial charge in [-0.05, 0) is 37.3 Å². The topological polar surface area (TPSA) is 70.8 Å². The number of carboxylic acid groups (broad SMARTS) is 1. The van der Waals surface area contributed by atoms with E-state index < -0.39 is 17.9 Å². The molecule has 26 heavy (non-hydrogen) atoms. The predicted octanol–water partition coefficient (Wildman–Crippen LogP) is 4.93. The number of rotatable bonds is 4. The van der Waals surface area contributed by atoms with Crippen LogP contribution in [0.3, 0.4) is 0 Å². The number of carbonyl (C=O) groups excluding carboxylic acids is 1. The molecule has 0 radical (unpaired) electrons. The Labute approximate surface area is 168 Å². The summed E-state index contributed by atoms with van der Waals surface area (Å²) in [5.41, 5.74) is 0.742. The van der Waals surface area contributed by atoms with Crippen LogP contribution in [0.1, 0.15) is 12.7 Å². The highest BCUT2D eigenvalue weighted by atomic mass is 35.5. The van der Waals surface area contributed by atoms with Gasteiger partial charge in [0.25, 0.3) is 5.91 Å². The zero-order chi connectivity index (χ0) is 19.0. The highest BCUT2D eigenvalue weighted by molar-refractivity contribution is 8.26. The van der Waals surface area contributed by atoms with Crippen molar-refractivity contribution in [3.8, 4) is 11.3 Å². The lowest BCUT2D eigenvalue weighted by Gasteiger charge is -2.18. The summed E-state index contributed by atoms with van der Waals surface area (Å²) in [5.74, 6) is -0.580. The Morgan fingerprint density at radius 1 is 1.31 bits per heavy atom. The number of hydrogen-bond acceptors (Lipinski definition) is 5. The van der Waals surface area contributed by atoms with E-state index in [0.29, 0.717) is 26.5 Å². The minimum atomic E-state index is -1.12. The lowest BCUT2D eigenvalue weighted by molar-refractivity contribution is -0.144. The molecular weight excluding hydrogens is 417 g/mol. The molecule has 1 fully saturated rings. The molecule has 134 valence electrons. The van der Waals surface area contributed by atoms with Gasteiger partial charge in [0.1, 0.15) is 21.9 Å². The first-order chi connectivity index (χ1) is 12.3. The number of nitrogens with zero attached hydrogens (tertiary/aromatic N) is 1. The summed E-state index contributed by atoms with van der Waals surface area (Å²) in [7, 11) is 0. The van der Waals surface area contributed by atoms with Gasteiger partial charge in [-0.25, -0.2) is 4.79 Å². The van der Waals surface area contributed by atoms with E-state index in [1.165, 1.54) is 13.0 Å². The Bertz CT molecular complexity index is 954. The van der Waals surface area contributed by atoms with E-state index in [9.17, 15) is 9.59 Å². The maximum atomic E-state index is 12.4. The van der Waals surface area contributed by atoms with Gasteiger partial charge in [0.2, 0.25) is 0 Å². The molecule has 1 atom stereocenters. The summed E-state index contributed by atoms with van der Waals surface area (Å²) in [5, 5.41) is 9.96. The molecule has 1 amide bonds. The highest BCUT2D eigenvalue weighted by Crippen LogP contribution is 2.35. The molecule has 1 saturated heterocycles. The van der Waals surface area contributed by atoms with Crippen LogP contribution in [-0.2, 0) is 9.59 Å². The molecule has 0 saturated carbocycles. The number of thioether (sulfide) groups is 1. The summed E-state index contributed by atoms with van der Waals surface area (Å²) in [4.78, 5) is 25.0. The number of aliphatic carboxylic acids is 1. The van der Waals surface area contributed by atoms with Crippen molar-refractivity contribution >= 4 is 69.5 Å². The number of furan rings is 1. The zero-order valence-corrected chi connectivity index (χ0v) is 16.4. The third kappa shape index (κ3) is 3.66. The second-order valence-electron chi connectivity index (χ2n) is 5.40. The van der Waals surface area contributed by atoms with Gasteiger partial charge in [-0.15, -0.1) is 0 Å². The molecule has 1 N–H and O–H groups in total. The monoisotopic (exact) mass is 427 g/mol.